The van der Waals surface area contributed by atoms with Crippen LogP contribution >= 0.6 is 0 Å². The second-order valence-electron chi connectivity index (χ2n) is 2.83. The molecule has 6 heteroatoms. The number of benzene rings is 1. The highest BCUT2D eigenvalue weighted by atomic mass is 16.5. The van der Waals surface area contributed by atoms with Gasteiger partial charge in [0.1, 0.15) is 5.69 Å². The Morgan fingerprint density at radius 3 is 2.60 bits per heavy atom. The highest BCUT2D eigenvalue weighted by molar-refractivity contribution is 6.00. The molecule has 0 spiro atoms. The molecule has 1 rings (SSSR count). The minimum absolute atomic E-state index is 0.332. The van der Waals surface area contributed by atoms with Crippen molar-refractivity contribution in [2.24, 2.45) is 5.84 Å². The zero-order valence-electron chi connectivity index (χ0n) is 8.63. The number of methoxy groups -OCH3 is 1. The van der Waals surface area contributed by atoms with Gasteiger partial charge in [0, 0.05) is 7.05 Å². The molecular formula is C9H14N4O2. The van der Waals surface area contributed by atoms with Crippen LogP contribution in [-0.4, -0.2) is 20.1 Å². The lowest BCUT2D eigenvalue weighted by atomic mass is 10.1. The fourth-order valence-corrected chi connectivity index (χ4v) is 1.32. The van der Waals surface area contributed by atoms with Crippen LogP contribution in [0.2, 0.25) is 0 Å². The summed E-state index contributed by atoms with van der Waals surface area (Å²) in [6, 6.07) is 3.16. The second-order valence-corrected chi connectivity index (χ2v) is 2.83. The van der Waals surface area contributed by atoms with Crippen molar-refractivity contribution in [3.8, 4) is 5.75 Å². The molecule has 15 heavy (non-hydrogen) atoms. The molecule has 82 valence electrons. The summed E-state index contributed by atoms with van der Waals surface area (Å²) < 4.78 is 5.11. The van der Waals surface area contributed by atoms with Crippen LogP contribution in [0.25, 0.3) is 0 Å². The maximum absolute atomic E-state index is 11.4. The first kappa shape index (κ1) is 11.1. The molecule has 0 saturated heterocycles. The smallest absolute Gasteiger partial charge is 0.269 e. The molecule has 1 aromatic carbocycles. The zero-order valence-corrected chi connectivity index (χ0v) is 8.63. The van der Waals surface area contributed by atoms with E-state index in [1.807, 2.05) is 5.43 Å². The normalized spacial score (nSPS) is 9.53. The molecule has 0 atom stereocenters. The van der Waals surface area contributed by atoms with E-state index in [1.165, 1.54) is 7.11 Å². The first-order valence-electron chi connectivity index (χ1n) is 4.30. The summed E-state index contributed by atoms with van der Waals surface area (Å²) in [6.45, 7) is 0. The summed E-state index contributed by atoms with van der Waals surface area (Å²) in [5.41, 5.74) is 9.15. The largest absolute Gasteiger partial charge is 0.494 e. The van der Waals surface area contributed by atoms with E-state index >= 15 is 0 Å². The van der Waals surface area contributed by atoms with Crippen LogP contribution < -0.4 is 27.1 Å². The Hall–Kier alpha value is -1.95. The summed E-state index contributed by atoms with van der Waals surface area (Å²) in [5, 5.41) is 2.86. The number of hydrazine groups is 1. The Morgan fingerprint density at radius 1 is 1.47 bits per heavy atom. The third-order valence-electron chi connectivity index (χ3n) is 2.02. The monoisotopic (exact) mass is 210 g/mol. The van der Waals surface area contributed by atoms with Crippen LogP contribution in [0, 0.1) is 0 Å². The van der Waals surface area contributed by atoms with Gasteiger partial charge in [0.2, 0.25) is 0 Å². The van der Waals surface area contributed by atoms with Gasteiger partial charge < -0.3 is 15.8 Å². The number of nitrogens with one attached hydrogen (secondary N) is 2. The van der Waals surface area contributed by atoms with E-state index in [4.69, 9.17) is 16.3 Å². The molecule has 0 saturated carbocycles. The lowest BCUT2D eigenvalue weighted by Crippen LogP contribution is -2.30. The van der Waals surface area contributed by atoms with E-state index in [0.717, 1.165) is 0 Å². The SMILES string of the molecule is CNc1c(N)ccc(C(=O)NN)c1OC. The summed E-state index contributed by atoms with van der Waals surface area (Å²) in [7, 11) is 3.15. The predicted molar refractivity (Wildman–Crippen MR) is 58.6 cm³/mol. The number of nitrogens with two attached hydrogens (primary N) is 2. The van der Waals surface area contributed by atoms with Crippen molar-refractivity contribution in [3.63, 3.8) is 0 Å². The molecule has 0 aliphatic heterocycles. The molecule has 0 fully saturated rings. The Labute approximate surface area is 87.6 Å². The number of ether oxygens (including phenoxy) is 1. The highest BCUT2D eigenvalue weighted by Crippen LogP contribution is 2.33. The molecule has 1 aromatic rings. The van der Waals surface area contributed by atoms with Gasteiger partial charge in [-0.3, -0.25) is 10.2 Å². The van der Waals surface area contributed by atoms with Gasteiger partial charge in [-0.1, -0.05) is 0 Å². The van der Waals surface area contributed by atoms with Gasteiger partial charge in [0.05, 0.1) is 18.4 Å². The number of nitrogen functional groups attached to an aromatic ring is 2. The molecule has 6 N–H and O–H groups in total. The Balaban J connectivity index is 3.35. The Morgan fingerprint density at radius 2 is 2.13 bits per heavy atom. The molecular weight excluding hydrogens is 196 g/mol. The van der Waals surface area contributed by atoms with Gasteiger partial charge >= 0.3 is 0 Å². The van der Waals surface area contributed by atoms with E-state index in [9.17, 15) is 4.79 Å². The van der Waals surface area contributed by atoms with Gasteiger partial charge in [-0.2, -0.15) is 0 Å². The lowest BCUT2D eigenvalue weighted by molar-refractivity contribution is 0.0951. The molecule has 0 radical (unpaired) electrons. The van der Waals surface area contributed by atoms with Crippen molar-refractivity contribution in [2.45, 2.75) is 0 Å². The van der Waals surface area contributed by atoms with E-state index in [2.05, 4.69) is 5.32 Å². The topological polar surface area (TPSA) is 102 Å². The Bertz CT molecular complexity index is 379. The van der Waals surface area contributed by atoms with Crippen LogP contribution in [0.15, 0.2) is 12.1 Å². The van der Waals surface area contributed by atoms with E-state index < -0.39 is 5.91 Å². The molecule has 0 bridgehead atoms. The number of carbonyl (C=O) groups excluding carboxylic acids is 1. The van der Waals surface area contributed by atoms with Crippen LogP contribution in [0.1, 0.15) is 10.4 Å². The zero-order chi connectivity index (χ0) is 11.4. The Kier molecular flexibility index (Phi) is 3.35. The minimum atomic E-state index is -0.427. The molecule has 0 heterocycles. The van der Waals surface area contributed by atoms with E-state index in [-0.39, 0.29) is 0 Å². The van der Waals surface area contributed by atoms with Crippen LogP contribution in [0.5, 0.6) is 5.75 Å². The average Bonchev–Trinajstić information content (AvgIpc) is 2.27. The molecule has 6 nitrogen and oxygen atoms in total. The maximum Gasteiger partial charge on any atom is 0.269 e. The van der Waals surface area contributed by atoms with Crippen LogP contribution in [0.3, 0.4) is 0 Å². The van der Waals surface area contributed by atoms with Crippen LogP contribution in [0.4, 0.5) is 11.4 Å². The summed E-state index contributed by atoms with van der Waals surface area (Å²) in [4.78, 5) is 11.4. The molecule has 0 unspecified atom stereocenters. The molecule has 1 amide bonds. The minimum Gasteiger partial charge on any atom is -0.494 e. The van der Waals surface area contributed by atoms with Crippen molar-refractivity contribution in [1.82, 2.24) is 5.43 Å². The number of hydrogen-bond donors (Lipinski definition) is 4. The first-order valence-corrected chi connectivity index (χ1v) is 4.30. The van der Waals surface area contributed by atoms with E-state index in [1.54, 1.807) is 19.2 Å². The predicted octanol–water partition coefficient (Wildman–Crippen LogP) is -0.0774. The van der Waals surface area contributed by atoms with Crippen molar-refractivity contribution in [3.05, 3.63) is 17.7 Å². The summed E-state index contributed by atoms with van der Waals surface area (Å²) in [5.74, 6) is 5.00. The third kappa shape index (κ3) is 1.94. The van der Waals surface area contributed by atoms with Crippen molar-refractivity contribution in [1.29, 1.82) is 0 Å². The molecule has 0 aliphatic rings. The van der Waals surface area contributed by atoms with Crippen molar-refractivity contribution >= 4 is 17.3 Å². The maximum atomic E-state index is 11.4. The number of rotatable bonds is 3. The van der Waals surface area contributed by atoms with Gasteiger partial charge in [-0.15, -0.1) is 0 Å². The number of hydrogen-bond acceptors (Lipinski definition) is 5. The first-order chi connectivity index (χ1) is 7.15. The van der Waals surface area contributed by atoms with Crippen LogP contribution in [-0.2, 0) is 0 Å². The van der Waals surface area contributed by atoms with Gasteiger partial charge in [-0.05, 0) is 12.1 Å². The second kappa shape index (κ2) is 4.52. The van der Waals surface area contributed by atoms with Gasteiger partial charge in [0.15, 0.2) is 5.75 Å². The fraction of sp³-hybridized carbons (Fsp3) is 0.222. The number of carbonyl (C=O) groups is 1. The molecule has 0 aliphatic carbocycles. The molecule has 0 aromatic heterocycles. The lowest BCUT2D eigenvalue weighted by Gasteiger charge is -2.14. The van der Waals surface area contributed by atoms with Crippen molar-refractivity contribution in [2.75, 3.05) is 25.2 Å². The summed E-state index contributed by atoms with van der Waals surface area (Å²) >= 11 is 0. The highest BCUT2D eigenvalue weighted by Gasteiger charge is 2.16. The number of anilines is 2. The van der Waals surface area contributed by atoms with Gasteiger partial charge in [0.25, 0.3) is 5.91 Å². The van der Waals surface area contributed by atoms with E-state index in [0.29, 0.717) is 22.7 Å². The average molecular weight is 210 g/mol. The van der Waals surface area contributed by atoms with Gasteiger partial charge in [-0.25, -0.2) is 5.84 Å². The van der Waals surface area contributed by atoms with Crippen molar-refractivity contribution < 1.29 is 9.53 Å². The fourth-order valence-electron chi connectivity index (χ4n) is 1.32. The standard InChI is InChI=1S/C9H14N4O2/c1-12-7-6(10)4-3-5(8(7)15-2)9(14)13-11/h3-4,12H,10-11H2,1-2H3,(H,13,14). The number of amides is 1. The summed E-state index contributed by atoms with van der Waals surface area (Å²) in [6.07, 6.45) is 0. The third-order valence-corrected chi connectivity index (χ3v) is 2.02. The quantitative estimate of drug-likeness (QED) is 0.242.